The van der Waals surface area contributed by atoms with Crippen molar-refractivity contribution in [3.63, 3.8) is 0 Å². The predicted octanol–water partition coefficient (Wildman–Crippen LogP) is 3.91. The van der Waals surface area contributed by atoms with Gasteiger partial charge in [-0.3, -0.25) is 0 Å². The molecule has 0 fully saturated rings. The van der Waals surface area contributed by atoms with E-state index < -0.39 is 0 Å². The van der Waals surface area contributed by atoms with E-state index in [0.717, 1.165) is 0 Å². The Kier molecular flexibility index (Phi) is 3.29. The molecule has 4 N–H and O–H groups in total. The zero-order chi connectivity index (χ0) is 16.8. The molecule has 6 nitrogen and oxygen atoms in total. The van der Waals surface area contributed by atoms with Crippen LogP contribution in [0.4, 0.5) is 0 Å². The number of benzene rings is 2. The Morgan fingerprint density at radius 3 is 1.46 bits per heavy atom. The maximum atomic E-state index is 9.95. The van der Waals surface area contributed by atoms with Crippen LogP contribution in [-0.4, -0.2) is 30.4 Å². The third-order valence-electron chi connectivity index (χ3n) is 3.47. The maximum Gasteiger partial charge on any atom is 0.167 e. The lowest BCUT2D eigenvalue weighted by Crippen LogP contribution is -1.79. The Morgan fingerprint density at radius 1 is 0.625 bits per heavy atom. The van der Waals surface area contributed by atoms with Gasteiger partial charge in [-0.15, -0.1) is 0 Å². The average Bonchev–Trinajstić information content (AvgIpc) is 3.11. The number of aromatic hydroxyl groups is 4. The highest BCUT2D eigenvalue weighted by Gasteiger charge is 2.18. The Bertz CT molecular complexity index is 959. The van der Waals surface area contributed by atoms with Gasteiger partial charge in [-0.05, 0) is 24.3 Å². The molecule has 0 unspecified atom stereocenters. The smallest absolute Gasteiger partial charge is 0.167 e. The molecule has 0 aliphatic rings. The van der Waals surface area contributed by atoms with E-state index in [4.69, 9.17) is 0 Å². The second kappa shape index (κ2) is 5.36. The molecule has 0 atom stereocenters. The number of nitrogens with zero attached hydrogens (tertiary/aromatic N) is 2. The highest BCUT2D eigenvalue weighted by molar-refractivity contribution is 7.29. The zero-order valence-corrected chi connectivity index (χ0v) is 13.6. The average molecular weight is 358 g/mol. The lowest BCUT2D eigenvalue weighted by Gasteiger charge is -2.02. The fourth-order valence-corrected chi connectivity index (χ4v) is 4.37. The Hall–Kier alpha value is -2.84. The van der Waals surface area contributed by atoms with Crippen LogP contribution < -0.4 is 0 Å². The van der Waals surface area contributed by atoms with Crippen molar-refractivity contribution in [3.05, 3.63) is 36.4 Å². The topological polar surface area (TPSA) is 107 Å². The molecule has 0 aliphatic carbocycles. The summed E-state index contributed by atoms with van der Waals surface area (Å²) >= 11 is 2.54. The van der Waals surface area contributed by atoms with Crippen LogP contribution in [0.5, 0.6) is 23.0 Å². The fraction of sp³-hybridized carbons (Fsp3) is 0. The summed E-state index contributed by atoms with van der Waals surface area (Å²) in [7, 11) is 0. The van der Waals surface area contributed by atoms with Gasteiger partial charge in [0.2, 0.25) is 0 Å². The number of hydrogen-bond donors (Lipinski definition) is 4. The van der Waals surface area contributed by atoms with Crippen LogP contribution in [0.15, 0.2) is 36.4 Å². The molecule has 0 radical (unpaired) electrons. The third-order valence-corrected chi connectivity index (χ3v) is 5.56. The van der Waals surface area contributed by atoms with Crippen molar-refractivity contribution < 1.29 is 20.4 Å². The van der Waals surface area contributed by atoms with Crippen LogP contribution in [0, 0.1) is 0 Å². The van der Waals surface area contributed by atoms with Crippen molar-refractivity contribution in [1.82, 2.24) is 9.97 Å². The van der Waals surface area contributed by atoms with Crippen LogP contribution in [0.2, 0.25) is 0 Å². The van der Waals surface area contributed by atoms with Gasteiger partial charge in [-0.1, -0.05) is 34.8 Å². The Morgan fingerprint density at radius 2 is 1.04 bits per heavy atom. The number of thiazole rings is 2. The summed E-state index contributed by atoms with van der Waals surface area (Å²) in [5.41, 5.74) is 0.874. The first-order valence-electron chi connectivity index (χ1n) is 6.84. The summed E-state index contributed by atoms with van der Waals surface area (Å²) < 4.78 is 0. The van der Waals surface area contributed by atoms with Crippen LogP contribution in [0.3, 0.4) is 0 Å². The van der Waals surface area contributed by atoms with Gasteiger partial charge in [0.15, 0.2) is 32.7 Å². The molecule has 8 heteroatoms. The fourth-order valence-electron chi connectivity index (χ4n) is 2.28. The normalized spacial score (nSPS) is 11.2. The van der Waals surface area contributed by atoms with Gasteiger partial charge in [-0.2, -0.15) is 0 Å². The van der Waals surface area contributed by atoms with Gasteiger partial charge in [0.25, 0.3) is 0 Å². The second-order valence-corrected chi connectivity index (χ2v) is 6.95. The highest BCUT2D eigenvalue weighted by atomic mass is 32.1. The minimum absolute atomic E-state index is 0.204. The van der Waals surface area contributed by atoms with E-state index in [9.17, 15) is 20.4 Å². The van der Waals surface area contributed by atoms with Crippen molar-refractivity contribution in [2.75, 3.05) is 0 Å². The molecule has 0 bridgehead atoms. The van der Waals surface area contributed by atoms with Gasteiger partial charge in [0.05, 0.1) is 11.1 Å². The minimum atomic E-state index is -0.218. The summed E-state index contributed by atoms with van der Waals surface area (Å²) in [4.78, 5) is 10.2. The van der Waals surface area contributed by atoms with E-state index in [1.807, 2.05) is 0 Å². The Labute approximate surface area is 143 Å². The number of rotatable bonds is 2. The first-order chi connectivity index (χ1) is 11.5. The van der Waals surface area contributed by atoms with Gasteiger partial charge < -0.3 is 20.4 Å². The molecule has 24 heavy (non-hydrogen) atoms. The second-order valence-electron chi connectivity index (χ2n) is 4.99. The molecule has 2 aromatic heterocycles. The molecule has 0 amide bonds. The van der Waals surface area contributed by atoms with Gasteiger partial charge in [0.1, 0.15) is 10.0 Å². The van der Waals surface area contributed by atoms with E-state index in [-0.39, 0.29) is 23.0 Å². The van der Waals surface area contributed by atoms with Gasteiger partial charge in [0, 0.05) is 0 Å². The first kappa shape index (κ1) is 14.7. The van der Waals surface area contributed by atoms with Gasteiger partial charge in [-0.25, -0.2) is 9.97 Å². The van der Waals surface area contributed by atoms with Crippen molar-refractivity contribution in [2.45, 2.75) is 0 Å². The van der Waals surface area contributed by atoms with Crippen LogP contribution in [-0.2, 0) is 0 Å². The van der Waals surface area contributed by atoms with E-state index >= 15 is 0 Å². The van der Waals surface area contributed by atoms with E-state index in [1.165, 1.54) is 34.8 Å². The summed E-state index contributed by atoms with van der Waals surface area (Å²) in [5.74, 6) is -0.844. The molecular formula is C16H10N2O4S2. The van der Waals surface area contributed by atoms with E-state index in [2.05, 4.69) is 9.97 Å². The number of phenols is 4. The molecule has 0 saturated carbocycles. The van der Waals surface area contributed by atoms with Gasteiger partial charge >= 0.3 is 0 Å². The molecule has 2 aromatic carbocycles. The molecule has 0 saturated heterocycles. The lowest BCUT2D eigenvalue weighted by atomic mass is 10.2. The molecule has 2 heterocycles. The van der Waals surface area contributed by atoms with Crippen LogP contribution >= 0.6 is 22.7 Å². The third kappa shape index (κ3) is 2.24. The van der Waals surface area contributed by atoms with Crippen LogP contribution in [0.25, 0.3) is 30.8 Å². The van der Waals surface area contributed by atoms with Crippen molar-refractivity contribution >= 4 is 32.3 Å². The lowest BCUT2D eigenvalue weighted by molar-refractivity contribution is 0.405. The predicted molar refractivity (Wildman–Crippen MR) is 92.8 cm³/mol. The maximum absolute atomic E-state index is 9.95. The quantitative estimate of drug-likeness (QED) is 0.405. The van der Waals surface area contributed by atoms with Crippen molar-refractivity contribution in [2.24, 2.45) is 0 Å². The molecule has 4 rings (SSSR count). The number of hydrogen-bond acceptors (Lipinski definition) is 8. The summed E-state index contributed by atoms with van der Waals surface area (Å²) in [5, 5.41) is 40.2. The van der Waals surface area contributed by atoms with Crippen molar-refractivity contribution in [1.29, 1.82) is 0 Å². The molecule has 4 aromatic rings. The van der Waals surface area contributed by atoms with Crippen LogP contribution in [0.1, 0.15) is 0 Å². The molecular weight excluding hydrogens is 348 g/mol. The zero-order valence-electron chi connectivity index (χ0n) is 12.0. The minimum Gasteiger partial charge on any atom is -0.504 e. The first-order valence-corrected chi connectivity index (χ1v) is 8.48. The summed E-state index contributed by atoms with van der Waals surface area (Å²) in [6, 6.07) is 9.39. The molecule has 120 valence electrons. The SMILES string of the molecule is Oc1cccc(-c2nc3sc(-c4cccc(O)c4O)nc3s2)c1O. The number of para-hydroxylation sites is 2. The largest absolute Gasteiger partial charge is 0.504 e. The molecule has 0 aliphatic heterocycles. The molecule has 0 spiro atoms. The van der Waals surface area contributed by atoms with E-state index in [1.54, 1.807) is 24.3 Å². The van der Waals surface area contributed by atoms with Crippen molar-refractivity contribution in [3.8, 4) is 44.1 Å². The number of phenolic OH excluding ortho intramolecular Hbond substituents is 4. The summed E-state index contributed by atoms with van der Waals surface area (Å²) in [6.45, 7) is 0. The summed E-state index contributed by atoms with van der Waals surface area (Å²) in [6.07, 6.45) is 0. The Balaban J connectivity index is 1.81. The number of aromatic nitrogens is 2. The number of fused-ring (bicyclic) bond motifs is 1. The standard InChI is InChI=1S/C16H10N2O4S2/c19-9-5-1-3-7(11(9)21)13-17-15-16(23-13)18-14(24-15)8-4-2-6-10(20)12(8)22/h1-6,19-22H. The highest BCUT2D eigenvalue weighted by Crippen LogP contribution is 2.43. The van der Waals surface area contributed by atoms with E-state index in [0.29, 0.717) is 30.8 Å². The monoisotopic (exact) mass is 358 g/mol.